The van der Waals surface area contributed by atoms with Gasteiger partial charge in [0.2, 0.25) is 10.0 Å². The lowest BCUT2D eigenvalue weighted by Gasteiger charge is -2.24. The van der Waals surface area contributed by atoms with Crippen molar-refractivity contribution in [3.8, 4) is 28.1 Å². The highest BCUT2D eigenvalue weighted by Crippen LogP contribution is 2.41. The summed E-state index contributed by atoms with van der Waals surface area (Å²) < 4.78 is 31.4. The number of aromatic amines is 1. The summed E-state index contributed by atoms with van der Waals surface area (Å²) in [5, 5.41) is 1.65. The summed E-state index contributed by atoms with van der Waals surface area (Å²) in [6.07, 6.45) is 1.12. The van der Waals surface area contributed by atoms with Crippen LogP contribution in [0.4, 0.5) is 5.69 Å². The Hall–Kier alpha value is -3.65. The molecule has 0 amide bonds. The summed E-state index contributed by atoms with van der Waals surface area (Å²) in [7, 11) is -1.72. The number of ether oxygens (including phenoxy) is 1. The van der Waals surface area contributed by atoms with Crippen molar-refractivity contribution < 1.29 is 13.2 Å². The topological polar surface area (TPSA) is 101 Å². The highest BCUT2D eigenvalue weighted by atomic mass is 32.2. The van der Waals surface area contributed by atoms with Crippen LogP contribution >= 0.6 is 0 Å². The van der Waals surface area contributed by atoms with Crippen molar-refractivity contribution in [2.24, 2.45) is 0 Å². The number of sulfonamides is 1. The summed E-state index contributed by atoms with van der Waals surface area (Å²) in [6, 6.07) is 16.8. The Bertz CT molecular complexity index is 1580. The first kappa shape index (κ1) is 24.5. The number of fused-ring (bicyclic) bond motifs is 1. The van der Waals surface area contributed by atoms with Gasteiger partial charge in [-0.3, -0.25) is 9.52 Å². The Morgan fingerprint density at radius 3 is 2.17 bits per heavy atom. The van der Waals surface area contributed by atoms with Crippen molar-refractivity contribution in [1.29, 1.82) is 0 Å². The number of hydrogen-bond acceptors (Lipinski definition) is 5. The van der Waals surface area contributed by atoms with Gasteiger partial charge in [-0.05, 0) is 48.4 Å². The summed E-state index contributed by atoms with van der Waals surface area (Å²) in [5.74, 6) is 0.664. The number of H-pyrrole nitrogens is 1. The molecule has 2 aromatic carbocycles. The number of rotatable bonds is 5. The van der Waals surface area contributed by atoms with E-state index in [0.717, 1.165) is 39.5 Å². The van der Waals surface area contributed by atoms with Crippen LogP contribution < -0.4 is 15.0 Å². The second-order valence-corrected chi connectivity index (χ2v) is 11.4. The Kier molecular flexibility index (Phi) is 6.19. The van der Waals surface area contributed by atoms with E-state index in [4.69, 9.17) is 9.72 Å². The lowest BCUT2D eigenvalue weighted by Crippen LogP contribution is -2.18. The summed E-state index contributed by atoms with van der Waals surface area (Å²) in [5.41, 5.74) is 4.45. The third-order valence-corrected chi connectivity index (χ3v) is 6.31. The van der Waals surface area contributed by atoms with Gasteiger partial charge in [0.15, 0.2) is 0 Å². The highest BCUT2D eigenvalue weighted by Gasteiger charge is 2.26. The van der Waals surface area contributed by atoms with Gasteiger partial charge in [-0.15, -0.1) is 0 Å². The molecule has 0 radical (unpaired) electrons. The first-order valence-electron chi connectivity index (χ1n) is 11.2. The first-order chi connectivity index (χ1) is 16.4. The molecule has 2 N–H and O–H groups in total. The van der Waals surface area contributed by atoms with Crippen molar-refractivity contribution in [2.75, 3.05) is 18.1 Å². The molecule has 0 bridgehead atoms. The van der Waals surface area contributed by atoms with Crippen molar-refractivity contribution in [3.05, 3.63) is 76.3 Å². The Balaban J connectivity index is 1.96. The van der Waals surface area contributed by atoms with Crippen LogP contribution in [0.15, 0.2) is 59.4 Å². The van der Waals surface area contributed by atoms with E-state index in [0.29, 0.717) is 22.7 Å². The highest BCUT2D eigenvalue weighted by molar-refractivity contribution is 7.92. The summed E-state index contributed by atoms with van der Waals surface area (Å²) >= 11 is 0. The van der Waals surface area contributed by atoms with Crippen LogP contribution in [0.25, 0.3) is 33.2 Å². The van der Waals surface area contributed by atoms with E-state index in [1.165, 1.54) is 0 Å². The lowest BCUT2D eigenvalue weighted by molar-refractivity contribution is 0.397. The molecule has 2 aromatic heterocycles. The predicted molar refractivity (Wildman–Crippen MR) is 142 cm³/mol. The quantitative estimate of drug-likeness (QED) is 0.397. The number of benzene rings is 2. The molecular weight excluding hydrogens is 462 g/mol. The molecule has 0 spiro atoms. The zero-order valence-electron chi connectivity index (χ0n) is 20.7. The van der Waals surface area contributed by atoms with Crippen LogP contribution in [0.5, 0.6) is 5.75 Å². The molecule has 8 heteroatoms. The number of anilines is 1. The van der Waals surface area contributed by atoms with Gasteiger partial charge < -0.3 is 9.72 Å². The fraction of sp³-hybridized carbons (Fsp3) is 0.259. The van der Waals surface area contributed by atoms with E-state index in [9.17, 15) is 13.2 Å². The van der Waals surface area contributed by atoms with Crippen LogP contribution in [0, 0.1) is 6.92 Å². The monoisotopic (exact) mass is 491 g/mol. The van der Waals surface area contributed by atoms with E-state index in [1.54, 1.807) is 25.3 Å². The lowest BCUT2D eigenvalue weighted by atomic mass is 9.88. The molecule has 182 valence electrons. The smallest absolute Gasteiger partial charge is 0.257 e. The Labute approximate surface area is 205 Å². The fourth-order valence-electron chi connectivity index (χ4n) is 4.09. The third-order valence-electron chi connectivity index (χ3n) is 5.70. The van der Waals surface area contributed by atoms with Gasteiger partial charge in [0.05, 0.1) is 30.3 Å². The van der Waals surface area contributed by atoms with Crippen molar-refractivity contribution in [1.82, 2.24) is 9.97 Å². The number of aryl methyl sites for hydroxylation is 1. The number of methoxy groups -OCH3 is 1. The average molecular weight is 492 g/mol. The molecule has 35 heavy (non-hydrogen) atoms. The molecule has 7 nitrogen and oxygen atoms in total. The SMILES string of the molecule is COc1c(C(C)(C)C)nc(-c2ccc(C)[nH]c2=O)c2ccc(-c3ccc(NS(C)(=O)=O)cc3)cc12. The molecule has 0 aliphatic rings. The maximum Gasteiger partial charge on any atom is 0.257 e. The van der Waals surface area contributed by atoms with Crippen LogP contribution in [-0.4, -0.2) is 31.8 Å². The van der Waals surface area contributed by atoms with E-state index in [2.05, 4.69) is 30.5 Å². The van der Waals surface area contributed by atoms with Crippen LogP contribution in [-0.2, 0) is 15.4 Å². The van der Waals surface area contributed by atoms with E-state index < -0.39 is 10.0 Å². The summed E-state index contributed by atoms with van der Waals surface area (Å²) in [6.45, 7) is 8.02. The second-order valence-electron chi connectivity index (χ2n) is 9.69. The number of pyridine rings is 2. The minimum Gasteiger partial charge on any atom is -0.494 e. The maximum atomic E-state index is 12.8. The second kappa shape index (κ2) is 8.85. The normalized spacial score (nSPS) is 12.1. The van der Waals surface area contributed by atoms with E-state index >= 15 is 0 Å². The van der Waals surface area contributed by atoms with Gasteiger partial charge in [-0.2, -0.15) is 0 Å². The molecule has 0 aliphatic heterocycles. The largest absolute Gasteiger partial charge is 0.494 e. The van der Waals surface area contributed by atoms with Crippen LogP contribution in [0.2, 0.25) is 0 Å². The van der Waals surface area contributed by atoms with Crippen molar-refractivity contribution in [2.45, 2.75) is 33.1 Å². The van der Waals surface area contributed by atoms with Crippen molar-refractivity contribution in [3.63, 3.8) is 0 Å². The van der Waals surface area contributed by atoms with E-state index in [-0.39, 0.29) is 11.0 Å². The Morgan fingerprint density at radius 2 is 1.60 bits per heavy atom. The minimum absolute atomic E-state index is 0.193. The number of nitrogens with one attached hydrogen (secondary N) is 2. The molecule has 4 rings (SSSR count). The van der Waals surface area contributed by atoms with Gasteiger partial charge in [0.25, 0.3) is 5.56 Å². The molecule has 0 atom stereocenters. The zero-order valence-corrected chi connectivity index (χ0v) is 21.5. The van der Waals surface area contributed by atoms with Crippen LogP contribution in [0.3, 0.4) is 0 Å². The maximum absolute atomic E-state index is 12.8. The zero-order chi connectivity index (χ0) is 25.5. The van der Waals surface area contributed by atoms with Gasteiger partial charge in [-0.1, -0.05) is 45.0 Å². The molecule has 0 unspecified atom stereocenters. The number of nitrogens with zero attached hydrogens (tertiary/aromatic N) is 1. The molecule has 4 aromatic rings. The molecule has 0 saturated carbocycles. The van der Waals surface area contributed by atoms with Crippen molar-refractivity contribution >= 4 is 26.5 Å². The molecular formula is C27H29N3O4S. The molecule has 0 saturated heterocycles. The molecule has 2 heterocycles. The number of aromatic nitrogens is 2. The number of hydrogen-bond donors (Lipinski definition) is 2. The fourth-order valence-corrected chi connectivity index (χ4v) is 4.66. The third kappa shape index (κ3) is 5.07. The van der Waals surface area contributed by atoms with Gasteiger partial charge in [0.1, 0.15) is 5.75 Å². The predicted octanol–water partition coefficient (Wildman–Crippen LogP) is 5.24. The summed E-state index contributed by atoms with van der Waals surface area (Å²) in [4.78, 5) is 20.7. The van der Waals surface area contributed by atoms with Crippen LogP contribution in [0.1, 0.15) is 32.2 Å². The van der Waals surface area contributed by atoms with E-state index in [1.807, 2.05) is 43.3 Å². The van der Waals surface area contributed by atoms with Gasteiger partial charge >= 0.3 is 0 Å². The van der Waals surface area contributed by atoms with Gasteiger partial charge in [-0.25, -0.2) is 13.4 Å². The Morgan fingerprint density at radius 1 is 0.943 bits per heavy atom. The molecule has 0 aliphatic carbocycles. The minimum atomic E-state index is -3.35. The average Bonchev–Trinajstić information content (AvgIpc) is 2.76. The first-order valence-corrected chi connectivity index (χ1v) is 13.1. The van der Waals surface area contributed by atoms with Gasteiger partial charge in [0, 0.05) is 27.6 Å². The molecule has 0 fully saturated rings. The standard InChI is InChI=1S/C27H29N3O4S/c1-16-7-13-21(26(31)28-16)23-20-14-10-18(17-8-11-19(12-9-17)30-35(6,32)33)15-22(20)24(34-5)25(29-23)27(2,3)4/h7-15,30H,1-6H3,(H,28,31).